The van der Waals surface area contributed by atoms with Gasteiger partial charge < -0.3 is 0 Å². The van der Waals surface area contributed by atoms with Gasteiger partial charge in [-0.1, -0.05) is 80.6 Å². The molecule has 4 aromatic rings. The minimum absolute atomic E-state index is 1.36. The lowest BCUT2D eigenvalue weighted by Crippen LogP contribution is -2.01. The molecule has 0 saturated carbocycles. The fraction of sp³-hybridized carbons (Fsp3) is 0.111. The summed E-state index contributed by atoms with van der Waals surface area (Å²) in [5.41, 5.74) is 4.17. The lowest BCUT2D eigenvalue weighted by Gasteiger charge is -2.39. The van der Waals surface area contributed by atoms with Gasteiger partial charge in [0, 0.05) is 19.6 Å². The van der Waals surface area contributed by atoms with Crippen LogP contribution in [0.1, 0.15) is 19.4 Å². The van der Waals surface area contributed by atoms with Crippen molar-refractivity contribution in [3.8, 4) is 11.1 Å². The summed E-state index contributed by atoms with van der Waals surface area (Å²) >= 11 is 0. The Morgan fingerprint density at radius 1 is 0.500 bits per heavy atom. The largest absolute Gasteiger partial charge is 0.132 e. The second kappa shape index (κ2) is 7.69. The highest BCUT2D eigenvalue weighted by molar-refractivity contribution is 8.34. The molecule has 0 saturated heterocycles. The van der Waals surface area contributed by atoms with Crippen LogP contribution in [-0.2, 0) is 0 Å². The van der Waals surface area contributed by atoms with Crippen molar-refractivity contribution in [2.45, 2.75) is 40.4 Å². The first-order chi connectivity index (χ1) is 13.8. The number of benzene rings is 4. The molecule has 28 heavy (non-hydrogen) atoms. The first-order valence-electron chi connectivity index (χ1n) is 9.96. The van der Waals surface area contributed by atoms with E-state index in [-0.39, 0.29) is 0 Å². The molecule has 0 amide bonds. The van der Waals surface area contributed by atoms with Gasteiger partial charge in [-0.3, -0.25) is 0 Å². The molecule has 0 unspecified atom stereocenters. The van der Waals surface area contributed by atoms with Crippen molar-refractivity contribution in [1.29, 1.82) is 0 Å². The maximum absolute atomic E-state index is 2.34. The highest BCUT2D eigenvalue weighted by atomic mass is 32.3. The highest BCUT2D eigenvalue weighted by Crippen LogP contribution is 2.80. The molecule has 0 aromatic heterocycles. The maximum Gasteiger partial charge on any atom is 0.0105 e. The van der Waals surface area contributed by atoms with E-state index in [1.54, 1.807) is 0 Å². The summed E-state index contributed by atoms with van der Waals surface area (Å²) < 4.78 is 0. The zero-order valence-corrected chi connectivity index (χ0v) is 17.5. The van der Waals surface area contributed by atoms with Gasteiger partial charge in [0.25, 0.3) is 0 Å². The predicted octanol–water partition coefficient (Wildman–Crippen LogP) is 8.34. The minimum atomic E-state index is -1.46. The first-order valence-corrected chi connectivity index (χ1v) is 11.6. The monoisotopic (exact) mass is 382 g/mol. The van der Waals surface area contributed by atoms with E-state index in [0.29, 0.717) is 0 Å². The Morgan fingerprint density at radius 3 is 1.61 bits per heavy atom. The van der Waals surface area contributed by atoms with Crippen LogP contribution in [0.4, 0.5) is 0 Å². The molecule has 0 bridgehead atoms. The summed E-state index contributed by atoms with van der Waals surface area (Å²) in [7, 11) is -1.46. The van der Waals surface area contributed by atoms with Crippen molar-refractivity contribution in [3.63, 3.8) is 0 Å². The third kappa shape index (κ3) is 2.62. The smallest absolute Gasteiger partial charge is 0.0105 e. The van der Waals surface area contributed by atoms with Crippen LogP contribution in [0.25, 0.3) is 11.1 Å². The summed E-state index contributed by atoms with van der Waals surface area (Å²) in [6, 6.07) is 37.9. The third-order valence-corrected chi connectivity index (χ3v) is 9.22. The predicted molar refractivity (Wildman–Crippen MR) is 122 cm³/mol. The Hall–Kier alpha value is -2.77. The Morgan fingerprint density at radius 2 is 1.00 bits per heavy atom. The second-order valence-electron chi connectivity index (χ2n) is 6.68. The average molecular weight is 383 g/mol. The van der Waals surface area contributed by atoms with Gasteiger partial charge in [-0.2, -0.15) is 0 Å². The van der Waals surface area contributed by atoms with E-state index in [1.807, 2.05) is 13.8 Å². The van der Waals surface area contributed by atoms with E-state index in [9.17, 15) is 0 Å². The topological polar surface area (TPSA) is 0 Å². The Bertz CT molecular complexity index is 1040. The minimum Gasteiger partial charge on any atom is -0.132 e. The molecule has 4 aromatic carbocycles. The fourth-order valence-electron chi connectivity index (χ4n) is 4.19. The van der Waals surface area contributed by atoms with E-state index in [0.717, 1.165) is 0 Å². The lowest BCUT2D eigenvalue weighted by molar-refractivity contribution is 1.28. The number of fused-ring (bicyclic) bond motifs is 3. The molecule has 1 aliphatic rings. The van der Waals surface area contributed by atoms with Crippen LogP contribution in [0, 0.1) is 6.92 Å². The quantitative estimate of drug-likeness (QED) is 0.288. The molecular weight excluding hydrogens is 356 g/mol. The standard InChI is InChI=1S/C25H20S.C2H6/c1-19-11-10-18-24-25(19)22-16-8-9-17-23(22)26(24,20-12-4-2-5-13-20)21-14-6-3-7-15-21;1-2/h2-18H,1H3;1-2H3. The van der Waals surface area contributed by atoms with Crippen LogP contribution in [0.5, 0.6) is 0 Å². The van der Waals surface area contributed by atoms with Gasteiger partial charge in [0.1, 0.15) is 0 Å². The SMILES string of the molecule is CC.Cc1cccc2c1-c1ccccc1S2(c1ccccc1)c1ccccc1. The molecule has 0 aliphatic carbocycles. The number of aryl methyl sites for hydroxylation is 1. The summed E-state index contributed by atoms with van der Waals surface area (Å²) in [4.78, 5) is 5.74. The van der Waals surface area contributed by atoms with Crippen molar-refractivity contribution in [2.75, 3.05) is 0 Å². The van der Waals surface area contributed by atoms with Crippen LogP contribution in [0.2, 0.25) is 0 Å². The summed E-state index contributed by atoms with van der Waals surface area (Å²) in [5.74, 6) is 0. The third-order valence-electron chi connectivity index (χ3n) is 5.24. The molecular formula is C27H26S. The Kier molecular flexibility index (Phi) is 5.11. The van der Waals surface area contributed by atoms with Crippen LogP contribution in [0.15, 0.2) is 123 Å². The van der Waals surface area contributed by atoms with Gasteiger partial charge in [0.15, 0.2) is 0 Å². The van der Waals surface area contributed by atoms with Crippen LogP contribution >= 0.6 is 10.0 Å². The number of hydrogen-bond donors (Lipinski definition) is 0. The molecule has 0 spiro atoms. The van der Waals surface area contributed by atoms with Crippen molar-refractivity contribution in [3.05, 3.63) is 109 Å². The normalized spacial score (nSPS) is 14.2. The van der Waals surface area contributed by atoms with Crippen molar-refractivity contribution < 1.29 is 0 Å². The molecule has 0 radical (unpaired) electrons. The summed E-state index contributed by atoms with van der Waals surface area (Å²) in [6.45, 7) is 6.24. The fourth-order valence-corrected chi connectivity index (χ4v) is 8.49. The van der Waals surface area contributed by atoms with Crippen molar-refractivity contribution in [2.24, 2.45) is 0 Å². The molecule has 0 N–H and O–H groups in total. The summed E-state index contributed by atoms with van der Waals surface area (Å²) in [5, 5.41) is 0. The van der Waals surface area contributed by atoms with E-state index in [2.05, 4.69) is 110 Å². The lowest BCUT2D eigenvalue weighted by atomic mass is 10.0. The first kappa shape index (κ1) is 18.6. The van der Waals surface area contributed by atoms with E-state index in [4.69, 9.17) is 0 Å². The van der Waals surface area contributed by atoms with Crippen LogP contribution in [0.3, 0.4) is 0 Å². The van der Waals surface area contributed by atoms with Crippen LogP contribution in [-0.4, -0.2) is 0 Å². The van der Waals surface area contributed by atoms with Gasteiger partial charge in [0.2, 0.25) is 0 Å². The van der Waals surface area contributed by atoms with Gasteiger partial charge in [0.05, 0.1) is 0 Å². The molecule has 140 valence electrons. The molecule has 5 rings (SSSR count). The molecule has 0 atom stereocenters. The zero-order valence-electron chi connectivity index (χ0n) is 16.7. The van der Waals surface area contributed by atoms with Gasteiger partial charge in [-0.05, 0) is 60.0 Å². The van der Waals surface area contributed by atoms with Gasteiger partial charge in [-0.15, -0.1) is 10.0 Å². The molecule has 1 aliphatic heterocycles. The maximum atomic E-state index is 2.34. The Labute approximate surface area is 170 Å². The van der Waals surface area contributed by atoms with Gasteiger partial charge >= 0.3 is 0 Å². The Balaban J connectivity index is 0.000000932. The van der Waals surface area contributed by atoms with Crippen molar-refractivity contribution >= 4 is 10.0 Å². The van der Waals surface area contributed by atoms with E-state index < -0.39 is 10.0 Å². The van der Waals surface area contributed by atoms with Crippen LogP contribution < -0.4 is 0 Å². The number of rotatable bonds is 2. The highest BCUT2D eigenvalue weighted by Gasteiger charge is 2.42. The van der Waals surface area contributed by atoms with Gasteiger partial charge in [-0.25, -0.2) is 0 Å². The molecule has 0 nitrogen and oxygen atoms in total. The van der Waals surface area contributed by atoms with Crippen molar-refractivity contribution in [1.82, 2.24) is 0 Å². The molecule has 1 heteroatoms. The molecule has 1 heterocycles. The average Bonchev–Trinajstić information content (AvgIpc) is 3.09. The second-order valence-corrected chi connectivity index (χ2v) is 9.73. The van der Waals surface area contributed by atoms with E-state index in [1.165, 1.54) is 36.3 Å². The summed E-state index contributed by atoms with van der Waals surface area (Å²) in [6.07, 6.45) is 0. The molecule has 0 fully saturated rings. The van der Waals surface area contributed by atoms with E-state index >= 15 is 0 Å². The zero-order chi connectivity index (χ0) is 19.6. The number of hydrogen-bond acceptors (Lipinski definition) is 0.